The number of methoxy groups -OCH3 is 1. The highest BCUT2D eigenvalue weighted by molar-refractivity contribution is 5.99. The smallest absolute Gasteiger partial charge is 0.337 e. The van der Waals surface area contributed by atoms with Gasteiger partial charge in [-0.2, -0.15) is 5.10 Å². The van der Waals surface area contributed by atoms with Crippen LogP contribution in [0.1, 0.15) is 26.5 Å². The molecule has 2 amide bonds. The monoisotopic (exact) mass is 330 g/mol. The first-order chi connectivity index (χ1) is 11.4. The number of ether oxygens (including phenoxy) is 1. The molecule has 0 aliphatic carbocycles. The highest BCUT2D eigenvalue weighted by Gasteiger charge is 2.13. The molecule has 24 heavy (non-hydrogen) atoms. The van der Waals surface area contributed by atoms with Crippen molar-refractivity contribution in [3.8, 4) is 0 Å². The first kappa shape index (κ1) is 17.2. The number of carbonyl (C=O) groups is 3. The summed E-state index contributed by atoms with van der Waals surface area (Å²) >= 11 is 0. The first-order valence-electron chi connectivity index (χ1n) is 7.17. The summed E-state index contributed by atoms with van der Waals surface area (Å²) in [5.41, 5.74) is 1.85. The Morgan fingerprint density at radius 3 is 2.62 bits per heavy atom. The van der Waals surface area contributed by atoms with Crippen molar-refractivity contribution in [3.63, 3.8) is 0 Å². The zero-order valence-corrected chi connectivity index (χ0v) is 13.6. The number of aryl methyl sites for hydroxylation is 2. The average molecular weight is 330 g/mol. The number of hydrogen-bond acceptors (Lipinski definition) is 5. The van der Waals surface area contributed by atoms with Crippen LogP contribution in [0.3, 0.4) is 0 Å². The minimum atomic E-state index is -0.494. The summed E-state index contributed by atoms with van der Waals surface area (Å²) in [4.78, 5) is 35.4. The van der Waals surface area contributed by atoms with E-state index in [1.54, 1.807) is 38.2 Å². The van der Waals surface area contributed by atoms with Crippen molar-refractivity contribution in [2.75, 3.05) is 19.0 Å². The topological polar surface area (TPSA) is 102 Å². The van der Waals surface area contributed by atoms with E-state index in [-0.39, 0.29) is 6.54 Å². The second-order valence-corrected chi connectivity index (χ2v) is 5.10. The number of esters is 1. The summed E-state index contributed by atoms with van der Waals surface area (Å²) in [6.07, 6.45) is 0. The number of rotatable bonds is 5. The standard InChI is InChI=1S/C16H18N4O4/c1-10-7-13(20(2)19-10)15(22)17-9-14(21)18-12-6-4-5-11(8-12)16(23)24-3/h4-8H,9H2,1-3H3,(H,17,22)(H,18,21). The van der Waals surface area contributed by atoms with Gasteiger partial charge < -0.3 is 15.4 Å². The highest BCUT2D eigenvalue weighted by Crippen LogP contribution is 2.11. The fraction of sp³-hybridized carbons (Fsp3) is 0.250. The Balaban J connectivity index is 1.93. The summed E-state index contributed by atoms with van der Waals surface area (Å²) in [6, 6.07) is 7.96. The molecule has 0 saturated heterocycles. The van der Waals surface area contributed by atoms with Gasteiger partial charge in [0.1, 0.15) is 5.69 Å². The maximum Gasteiger partial charge on any atom is 0.337 e. The molecule has 8 heteroatoms. The molecule has 0 aliphatic rings. The van der Waals surface area contributed by atoms with Crippen molar-refractivity contribution >= 4 is 23.5 Å². The van der Waals surface area contributed by atoms with Gasteiger partial charge in [-0.05, 0) is 31.2 Å². The van der Waals surface area contributed by atoms with Crippen LogP contribution in [0.4, 0.5) is 5.69 Å². The van der Waals surface area contributed by atoms with Gasteiger partial charge >= 0.3 is 5.97 Å². The lowest BCUT2D eigenvalue weighted by Crippen LogP contribution is -2.33. The zero-order chi connectivity index (χ0) is 17.7. The van der Waals surface area contributed by atoms with E-state index in [0.29, 0.717) is 22.6 Å². The molecule has 1 heterocycles. The lowest BCUT2D eigenvalue weighted by molar-refractivity contribution is -0.115. The first-order valence-corrected chi connectivity index (χ1v) is 7.17. The molecule has 2 rings (SSSR count). The lowest BCUT2D eigenvalue weighted by atomic mass is 10.2. The Labute approximate surface area is 138 Å². The molecule has 0 atom stereocenters. The summed E-state index contributed by atoms with van der Waals surface area (Å²) in [5.74, 6) is -1.30. The summed E-state index contributed by atoms with van der Waals surface area (Å²) in [7, 11) is 2.93. The lowest BCUT2D eigenvalue weighted by Gasteiger charge is -2.08. The van der Waals surface area contributed by atoms with Crippen LogP contribution in [0, 0.1) is 6.92 Å². The van der Waals surface area contributed by atoms with Gasteiger partial charge in [-0.3, -0.25) is 14.3 Å². The van der Waals surface area contributed by atoms with Crippen LogP contribution in [0.25, 0.3) is 0 Å². The fourth-order valence-electron chi connectivity index (χ4n) is 2.12. The Morgan fingerprint density at radius 1 is 1.25 bits per heavy atom. The van der Waals surface area contributed by atoms with Crippen LogP contribution in [-0.2, 0) is 16.6 Å². The number of hydrogen-bond donors (Lipinski definition) is 2. The second kappa shape index (κ2) is 7.40. The van der Waals surface area contributed by atoms with E-state index in [4.69, 9.17) is 0 Å². The van der Waals surface area contributed by atoms with E-state index in [2.05, 4.69) is 20.5 Å². The molecular formula is C16H18N4O4. The molecule has 2 aromatic rings. The van der Waals surface area contributed by atoms with Crippen molar-refractivity contribution in [1.29, 1.82) is 0 Å². The number of nitrogens with zero attached hydrogens (tertiary/aromatic N) is 2. The number of carbonyl (C=O) groups excluding carboxylic acids is 3. The number of nitrogens with one attached hydrogen (secondary N) is 2. The van der Waals surface area contributed by atoms with Gasteiger partial charge in [-0.25, -0.2) is 4.79 Å². The van der Waals surface area contributed by atoms with Crippen LogP contribution in [-0.4, -0.2) is 41.2 Å². The Kier molecular flexibility index (Phi) is 5.31. The number of anilines is 1. The molecule has 0 aliphatic heterocycles. The molecule has 0 radical (unpaired) electrons. The molecule has 0 spiro atoms. The second-order valence-electron chi connectivity index (χ2n) is 5.10. The van der Waals surface area contributed by atoms with Gasteiger partial charge in [0.05, 0.1) is 24.9 Å². The molecule has 126 valence electrons. The summed E-state index contributed by atoms with van der Waals surface area (Å²) in [5, 5.41) is 9.20. The summed E-state index contributed by atoms with van der Waals surface area (Å²) < 4.78 is 6.07. The number of aromatic nitrogens is 2. The van der Waals surface area contributed by atoms with E-state index in [0.717, 1.165) is 0 Å². The number of benzene rings is 1. The van der Waals surface area contributed by atoms with Gasteiger partial charge in [0.2, 0.25) is 5.91 Å². The van der Waals surface area contributed by atoms with E-state index >= 15 is 0 Å². The van der Waals surface area contributed by atoms with E-state index in [1.165, 1.54) is 17.9 Å². The molecular weight excluding hydrogens is 312 g/mol. The Bertz CT molecular complexity index is 782. The van der Waals surface area contributed by atoms with E-state index in [1.807, 2.05) is 0 Å². The maximum absolute atomic E-state index is 12.0. The molecule has 0 bridgehead atoms. The summed E-state index contributed by atoms with van der Waals surface area (Å²) in [6.45, 7) is 1.57. The average Bonchev–Trinajstić information content (AvgIpc) is 2.90. The molecule has 0 unspecified atom stereocenters. The molecule has 0 fully saturated rings. The molecule has 1 aromatic heterocycles. The number of amides is 2. The van der Waals surface area contributed by atoms with Crippen molar-refractivity contribution < 1.29 is 19.1 Å². The Morgan fingerprint density at radius 2 is 2.00 bits per heavy atom. The van der Waals surface area contributed by atoms with Gasteiger partial charge in [-0.1, -0.05) is 6.07 Å². The van der Waals surface area contributed by atoms with Crippen LogP contribution in [0.2, 0.25) is 0 Å². The van der Waals surface area contributed by atoms with Crippen molar-refractivity contribution in [2.24, 2.45) is 7.05 Å². The SMILES string of the molecule is COC(=O)c1cccc(NC(=O)CNC(=O)c2cc(C)nn2C)c1. The molecule has 8 nitrogen and oxygen atoms in total. The minimum Gasteiger partial charge on any atom is -0.465 e. The van der Waals surface area contributed by atoms with E-state index in [9.17, 15) is 14.4 Å². The predicted molar refractivity (Wildman–Crippen MR) is 86.7 cm³/mol. The molecule has 2 N–H and O–H groups in total. The van der Waals surface area contributed by atoms with Gasteiger partial charge in [0.15, 0.2) is 0 Å². The van der Waals surface area contributed by atoms with Crippen LogP contribution < -0.4 is 10.6 Å². The van der Waals surface area contributed by atoms with Gasteiger partial charge in [0.25, 0.3) is 5.91 Å². The molecule has 1 aromatic carbocycles. The normalized spacial score (nSPS) is 10.1. The van der Waals surface area contributed by atoms with Crippen molar-refractivity contribution in [3.05, 3.63) is 47.3 Å². The van der Waals surface area contributed by atoms with Crippen LogP contribution in [0.15, 0.2) is 30.3 Å². The third-order valence-electron chi connectivity index (χ3n) is 3.21. The predicted octanol–water partition coefficient (Wildman–Crippen LogP) is 0.884. The minimum absolute atomic E-state index is 0.203. The van der Waals surface area contributed by atoms with Crippen molar-refractivity contribution in [1.82, 2.24) is 15.1 Å². The largest absolute Gasteiger partial charge is 0.465 e. The van der Waals surface area contributed by atoms with Crippen LogP contribution >= 0.6 is 0 Å². The van der Waals surface area contributed by atoms with Gasteiger partial charge in [0, 0.05) is 12.7 Å². The third-order valence-corrected chi connectivity index (χ3v) is 3.21. The van der Waals surface area contributed by atoms with E-state index < -0.39 is 17.8 Å². The highest BCUT2D eigenvalue weighted by atomic mass is 16.5. The molecule has 0 saturated carbocycles. The zero-order valence-electron chi connectivity index (χ0n) is 13.6. The van der Waals surface area contributed by atoms with Crippen LogP contribution in [0.5, 0.6) is 0 Å². The third kappa shape index (κ3) is 4.19. The quantitative estimate of drug-likeness (QED) is 0.793. The van der Waals surface area contributed by atoms with Gasteiger partial charge in [-0.15, -0.1) is 0 Å². The van der Waals surface area contributed by atoms with Crippen molar-refractivity contribution in [2.45, 2.75) is 6.92 Å². The Hall–Kier alpha value is -3.16. The fourth-order valence-corrected chi connectivity index (χ4v) is 2.12. The maximum atomic E-state index is 12.0.